The Morgan fingerprint density at radius 2 is 1.70 bits per heavy atom. The lowest BCUT2D eigenvalue weighted by Crippen LogP contribution is -2.17. The first kappa shape index (κ1) is 23.0. The van der Waals surface area contributed by atoms with Crippen LogP contribution in [0.15, 0.2) is 0 Å². The smallest absolute Gasteiger partial charge is 0.348 e. The summed E-state index contributed by atoms with van der Waals surface area (Å²) in [5.41, 5.74) is 0.559. The van der Waals surface area contributed by atoms with Crippen LogP contribution in [0.5, 0.6) is 0 Å². The predicted molar refractivity (Wildman–Crippen MR) is 104 cm³/mol. The van der Waals surface area contributed by atoms with Crippen LogP contribution in [-0.2, 0) is 23.8 Å². The van der Waals surface area contributed by atoms with Crippen molar-refractivity contribution in [2.45, 2.75) is 27.2 Å². The van der Waals surface area contributed by atoms with Gasteiger partial charge in [-0.05, 0) is 26.3 Å². The van der Waals surface area contributed by atoms with Gasteiger partial charge in [0, 0.05) is 5.75 Å². The average Bonchev–Trinajstić information content (AvgIpc) is 2.95. The molecule has 0 spiro atoms. The minimum Gasteiger partial charge on any atom is -0.469 e. The number of methoxy groups -OCH3 is 1. The second kappa shape index (κ2) is 11.6. The Morgan fingerprint density at radius 1 is 1.07 bits per heavy atom. The number of rotatable bonds is 10. The predicted octanol–water partition coefficient (Wildman–Crippen LogP) is 2.64. The van der Waals surface area contributed by atoms with Crippen LogP contribution in [0.4, 0.5) is 5.00 Å². The molecule has 150 valence electrons. The molecule has 1 heterocycles. The highest BCUT2D eigenvalue weighted by Gasteiger charge is 2.27. The van der Waals surface area contributed by atoms with Crippen molar-refractivity contribution < 1.29 is 33.4 Å². The van der Waals surface area contributed by atoms with E-state index in [4.69, 9.17) is 9.47 Å². The monoisotopic (exact) mass is 417 g/mol. The highest BCUT2D eigenvalue weighted by atomic mass is 32.2. The van der Waals surface area contributed by atoms with Crippen LogP contribution in [0.25, 0.3) is 0 Å². The van der Waals surface area contributed by atoms with Gasteiger partial charge in [-0.15, -0.1) is 11.3 Å². The zero-order valence-corrected chi connectivity index (χ0v) is 17.3. The van der Waals surface area contributed by atoms with Gasteiger partial charge in [-0.2, -0.15) is 11.8 Å². The number of thiophene rings is 1. The molecule has 0 bridgehead atoms. The van der Waals surface area contributed by atoms with Gasteiger partial charge in [0.05, 0.1) is 38.1 Å². The van der Waals surface area contributed by atoms with Crippen molar-refractivity contribution in [3.63, 3.8) is 0 Å². The summed E-state index contributed by atoms with van der Waals surface area (Å²) in [7, 11) is 1.30. The largest absolute Gasteiger partial charge is 0.469 e. The number of amides is 1. The van der Waals surface area contributed by atoms with Crippen molar-refractivity contribution in [1.82, 2.24) is 0 Å². The number of carbonyl (C=O) groups is 4. The normalized spacial score (nSPS) is 10.2. The molecule has 0 radical (unpaired) electrons. The summed E-state index contributed by atoms with van der Waals surface area (Å²) in [6.07, 6.45) is 0.202. The zero-order chi connectivity index (χ0) is 20.4. The van der Waals surface area contributed by atoms with Crippen molar-refractivity contribution in [3.05, 3.63) is 16.0 Å². The fourth-order valence-corrected chi connectivity index (χ4v) is 3.84. The summed E-state index contributed by atoms with van der Waals surface area (Å²) >= 11 is 2.23. The number of carbonyl (C=O) groups excluding carboxylic acids is 4. The number of ether oxygens (including phenoxy) is 3. The fourth-order valence-electron chi connectivity index (χ4n) is 2.03. The molecule has 8 nitrogen and oxygen atoms in total. The maximum Gasteiger partial charge on any atom is 0.348 e. The maximum absolute atomic E-state index is 12.3. The van der Waals surface area contributed by atoms with E-state index in [-0.39, 0.29) is 52.7 Å². The molecule has 1 aromatic heterocycles. The minimum absolute atomic E-state index is 0.0882. The van der Waals surface area contributed by atoms with Crippen LogP contribution < -0.4 is 5.32 Å². The molecule has 27 heavy (non-hydrogen) atoms. The molecule has 0 aliphatic rings. The molecule has 0 atom stereocenters. The number of anilines is 1. The molecule has 0 saturated carbocycles. The topological polar surface area (TPSA) is 108 Å². The van der Waals surface area contributed by atoms with E-state index >= 15 is 0 Å². The summed E-state index contributed by atoms with van der Waals surface area (Å²) < 4.78 is 14.6. The van der Waals surface area contributed by atoms with Crippen LogP contribution >= 0.6 is 23.1 Å². The van der Waals surface area contributed by atoms with E-state index in [9.17, 15) is 19.2 Å². The van der Waals surface area contributed by atoms with Crippen molar-refractivity contribution in [3.8, 4) is 0 Å². The van der Waals surface area contributed by atoms with Gasteiger partial charge in [0.1, 0.15) is 9.88 Å². The molecule has 10 heteroatoms. The van der Waals surface area contributed by atoms with Gasteiger partial charge in [0.2, 0.25) is 5.91 Å². The number of thioether (sulfide) groups is 1. The van der Waals surface area contributed by atoms with Gasteiger partial charge in [0.25, 0.3) is 0 Å². The van der Waals surface area contributed by atoms with Gasteiger partial charge in [0.15, 0.2) is 0 Å². The van der Waals surface area contributed by atoms with Gasteiger partial charge in [-0.25, -0.2) is 9.59 Å². The SMILES string of the molecule is CCOC(=O)c1sc(NC(=O)CSCCC(=O)OC)c(C(=O)OCC)c1C. The first-order valence-corrected chi connectivity index (χ1v) is 10.2. The van der Waals surface area contributed by atoms with Crippen LogP contribution in [0.2, 0.25) is 0 Å². The third-order valence-electron chi connectivity index (χ3n) is 3.25. The number of hydrogen-bond acceptors (Lipinski definition) is 9. The lowest BCUT2D eigenvalue weighted by Gasteiger charge is -2.07. The Hall–Kier alpha value is -2.07. The quantitative estimate of drug-likeness (QED) is 0.352. The van der Waals surface area contributed by atoms with Crippen LogP contribution in [0, 0.1) is 6.92 Å². The van der Waals surface area contributed by atoms with Gasteiger partial charge in [-0.1, -0.05) is 0 Å². The lowest BCUT2D eigenvalue weighted by atomic mass is 10.1. The highest BCUT2D eigenvalue weighted by molar-refractivity contribution is 7.99. The van der Waals surface area contributed by atoms with Gasteiger partial charge >= 0.3 is 17.9 Å². The molecule has 1 rings (SSSR count). The molecule has 0 saturated heterocycles. The third kappa shape index (κ3) is 6.87. The Kier molecular flexibility index (Phi) is 9.87. The highest BCUT2D eigenvalue weighted by Crippen LogP contribution is 2.34. The first-order valence-electron chi connectivity index (χ1n) is 8.27. The second-order valence-electron chi connectivity index (χ2n) is 5.13. The Bertz CT molecular complexity index is 700. The summed E-state index contributed by atoms with van der Waals surface area (Å²) in [6.45, 7) is 5.32. The van der Waals surface area contributed by atoms with E-state index in [0.29, 0.717) is 11.3 Å². The third-order valence-corrected chi connectivity index (χ3v) is 5.40. The van der Waals surface area contributed by atoms with Crippen LogP contribution in [-0.4, -0.2) is 55.6 Å². The van der Waals surface area contributed by atoms with Gasteiger partial charge in [-0.3, -0.25) is 9.59 Å². The van der Waals surface area contributed by atoms with E-state index < -0.39 is 11.9 Å². The number of hydrogen-bond donors (Lipinski definition) is 1. The lowest BCUT2D eigenvalue weighted by molar-refractivity contribution is -0.140. The fraction of sp³-hybridized carbons (Fsp3) is 0.529. The molecule has 0 aromatic carbocycles. The van der Waals surface area contributed by atoms with Crippen molar-refractivity contribution in [2.24, 2.45) is 0 Å². The summed E-state index contributed by atoms with van der Waals surface area (Å²) in [5.74, 6) is -1.35. The average molecular weight is 418 g/mol. The maximum atomic E-state index is 12.3. The number of esters is 3. The molecule has 0 aliphatic carbocycles. The van der Waals surface area contributed by atoms with Crippen molar-refractivity contribution in [1.29, 1.82) is 0 Å². The van der Waals surface area contributed by atoms with E-state index in [2.05, 4.69) is 10.1 Å². The minimum atomic E-state index is -0.615. The van der Waals surface area contributed by atoms with E-state index in [1.165, 1.54) is 18.9 Å². The molecule has 1 N–H and O–H groups in total. The van der Waals surface area contributed by atoms with Crippen molar-refractivity contribution in [2.75, 3.05) is 37.1 Å². The van der Waals surface area contributed by atoms with Crippen LogP contribution in [0.1, 0.15) is 45.9 Å². The summed E-state index contributed by atoms with van der Waals surface area (Å²) in [5, 5.41) is 2.89. The van der Waals surface area contributed by atoms with Crippen LogP contribution in [0.3, 0.4) is 0 Å². The Morgan fingerprint density at radius 3 is 2.30 bits per heavy atom. The van der Waals surface area contributed by atoms with Gasteiger partial charge < -0.3 is 19.5 Å². The second-order valence-corrected chi connectivity index (χ2v) is 7.25. The molecular weight excluding hydrogens is 394 g/mol. The zero-order valence-electron chi connectivity index (χ0n) is 15.7. The summed E-state index contributed by atoms with van der Waals surface area (Å²) in [4.78, 5) is 47.8. The molecule has 0 fully saturated rings. The Labute approximate surface area is 165 Å². The Balaban J connectivity index is 2.89. The van der Waals surface area contributed by atoms with E-state index in [1.54, 1.807) is 20.8 Å². The number of nitrogens with one attached hydrogen (secondary N) is 1. The molecular formula is C17H23NO7S2. The van der Waals surface area contributed by atoms with E-state index in [1.807, 2.05) is 0 Å². The standard InChI is InChI=1S/C17H23NO7S2/c1-5-24-16(21)13-10(3)14(17(22)25-6-2)27-15(13)18-11(19)9-26-8-7-12(20)23-4/h5-9H2,1-4H3,(H,18,19). The molecule has 1 amide bonds. The van der Waals surface area contributed by atoms with E-state index in [0.717, 1.165) is 11.3 Å². The summed E-state index contributed by atoms with van der Waals surface area (Å²) in [6, 6.07) is 0. The first-order chi connectivity index (χ1) is 12.8. The molecule has 0 aliphatic heterocycles. The van der Waals surface area contributed by atoms with Crippen molar-refractivity contribution >= 4 is 51.9 Å². The molecule has 0 unspecified atom stereocenters. The molecule has 1 aromatic rings.